The van der Waals surface area contributed by atoms with Crippen molar-refractivity contribution >= 4 is 12.3 Å². The summed E-state index contributed by atoms with van der Waals surface area (Å²) in [7, 11) is 0. The van der Waals surface area contributed by atoms with Gasteiger partial charge in [0, 0.05) is 5.92 Å². The molecule has 0 aliphatic carbocycles. The minimum absolute atomic E-state index is 0.0865. The number of carbonyl (C=O) groups is 1. The van der Waals surface area contributed by atoms with Gasteiger partial charge in [-0.25, -0.2) is 0 Å². The van der Waals surface area contributed by atoms with Gasteiger partial charge in [-0.1, -0.05) is 97.3 Å². The molecule has 0 spiro atoms. The van der Waals surface area contributed by atoms with Crippen LogP contribution in [0.5, 0.6) is 0 Å². The second kappa shape index (κ2) is 14.5. The average molecular weight is 338 g/mol. The number of amides is 1. The molecule has 1 heterocycles. The summed E-state index contributed by atoms with van der Waals surface area (Å²) in [5.74, 6) is 0.254. The molecule has 0 fully saturated rings. The minimum atomic E-state index is -0.299. The van der Waals surface area contributed by atoms with E-state index in [9.17, 15) is 4.79 Å². The zero-order chi connectivity index (χ0) is 17.5. The van der Waals surface area contributed by atoms with Crippen LogP contribution in [0.2, 0.25) is 0 Å². The minimum Gasteiger partial charge on any atom is -0.470 e. The fourth-order valence-electron chi connectivity index (χ4n) is 3.59. The molecule has 0 radical (unpaired) electrons. The monoisotopic (exact) mass is 337 g/mol. The molecule has 140 valence electrons. The summed E-state index contributed by atoms with van der Waals surface area (Å²) >= 11 is 0. The van der Waals surface area contributed by atoms with Crippen molar-refractivity contribution < 1.29 is 9.53 Å². The molecule has 1 aliphatic rings. The summed E-state index contributed by atoms with van der Waals surface area (Å²) in [6.07, 6.45) is 21.0. The van der Waals surface area contributed by atoms with Gasteiger partial charge in [-0.15, -0.1) is 0 Å². The smallest absolute Gasteiger partial charge is 0.289 e. The zero-order valence-corrected chi connectivity index (χ0v) is 16.1. The van der Waals surface area contributed by atoms with E-state index in [1.807, 2.05) is 0 Å². The molecule has 2 atom stereocenters. The Bertz CT molecular complexity index is 341. The largest absolute Gasteiger partial charge is 0.470 e. The molecular weight excluding hydrogens is 298 g/mol. The second-order valence-corrected chi connectivity index (χ2v) is 7.33. The Kier molecular flexibility index (Phi) is 12.8. The lowest BCUT2D eigenvalue weighted by molar-refractivity contribution is -0.124. The Hall–Kier alpha value is -0.860. The lowest BCUT2D eigenvalue weighted by Crippen LogP contribution is -2.26. The van der Waals surface area contributed by atoms with Gasteiger partial charge in [0.15, 0.2) is 12.5 Å². The van der Waals surface area contributed by atoms with E-state index in [2.05, 4.69) is 18.8 Å². The third kappa shape index (κ3) is 9.44. The normalized spacial score (nSPS) is 18.1. The maximum atomic E-state index is 11.6. The standard InChI is InChI=1S/C21H39NO2/c1-3-5-6-7-8-9-10-11-12-13-14-15-16-17-19(4-2)20-21(23)22-18-24-20/h18-20H,3-17H2,1-2H3. The van der Waals surface area contributed by atoms with Crippen molar-refractivity contribution in [2.24, 2.45) is 10.9 Å². The van der Waals surface area contributed by atoms with Gasteiger partial charge < -0.3 is 4.74 Å². The van der Waals surface area contributed by atoms with E-state index in [-0.39, 0.29) is 12.0 Å². The summed E-state index contributed by atoms with van der Waals surface area (Å²) < 4.78 is 5.34. The topological polar surface area (TPSA) is 38.7 Å². The lowest BCUT2D eigenvalue weighted by atomic mass is 9.92. The fraction of sp³-hybridized carbons (Fsp3) is 0.905. The van der Waals surface area contributed by atoms with Gasteiger partial charge in [-0.3, -0.25) is 4.79 Å². The van der Waals surface area contributed by atoms with E-state index in [4.69, 9.17) is 4.74 Å². The van der Waals surface area contributed by atoms with Crippen LogP contribution in [0, 0.1) is 5.92 Å². The lowest BCUT2D eigenvalue weighted by Gasteiger charge is -2.19. The number of carbonyl (C=O) groups excluding carboxylic acids is 1. The molecule has 1 amide bonds. The fourth-order valence-corrected chi connectivity index (χ4v) is 3.59. The first-order valence-electron chi connectivity index (χ1n) is 10.5. The quantitative estimate of drug-likeness (QED) is 0.304. The Morgan fingerprint density at radius 2 is 1.38 bits per heavy atom. The van der Waals surface area contributed by atoms with Crippen molar-refractivity contribution in [2.75, 3.05) is 0 Å². The van der Waals surface area contributed by atoms with E-state index in [0.717, 1.165) is 12.8 Å². The van der Waals surface area contributed by atoms with Gasteiger partial charge in [0.2, 0.25) is 0 Å². The first-order chi connectivity index (χ1) is 11.8. The number of ether oxygens (including phenoxy) is 1. The Balaban J connectivity index is 1.85. The molecule has 2 unspecified atom stereocenters. The van der Waals surface area contributed by atoms with Crippen LogP contribution in [0.15, 0.2) is 4.99 Å². The Morgan fingerprint density at radius 3 is 1.79 bits per heavy atom. The molecule has 0 aromatic rings. The first kappa shape index (κ1) is 21.2. The highest BCUT2D eigenvalue weighted by Gasteiger charge is 2.30. The number of aliphatic imine (C=N–C) groups is 1. The van der Waals surface area contributed by atoms with Crippen LogP contribution in [0.1, 0.15) is 110 Å². The molecule has 1 rings (SSSR count). The van der Waals surface area contributed by atoms with Crippen molar-refractivity contribution in [1.29, 1.82) is 0 Å². The van der Waals surface area contributed by atoms with E-state index in [1.165, 1.54) is 89.9 Å². The maximum absolute atomic E-state index is 11.6. The highest BCUT2D eigenvalue weighted by Crippen LogP contribution is 2.23. The molecule has 3 nitrogen and oxygen atoms in total. The maximum Gasteiger partial charge on any atom is 0.289 e. The van der Waals surface area contributed by atoms with Gasteiger partial charge in [-0.05, 0) is 12.8 Å². The summed E-state index contributed by atoms with van der Waals surface area (Å²) in [6, 6.07) is 0. The predicted octanol–water partition coefficient (Wildman–Crippen LogP) is 6.45. The van der Waals surface area contributed by atoms with Gasteiger partial charge in [0.1, 0.15) is 0 Å². The second-order valence-electron chi connectivity index (χ2n) is 7.33. The van der Waals surface area contributed by atoms with Crippen molar-refractivity contribution in [1.82, 2.24) is 0 Å². The van der Waals surface area contributed by atoms with Crippen molar-refractivity contribution in [3.05, 3.63) is 0 Å². The van der Waals surface area contributed by atoms with E-state index < -0.39 is 0 Å². The van der Waals surface area contributed by atoms with Crippen LogP contribution in [0.3, 0.4) is 0 Å². The van der Waals surface area contributed by atoms with E-state index >= 15 is 0 Å². The molecule has 0 aromatic heterocycles. The van der Waals surface area contributed by atoms with Crippen LogP contribution in [0.4, 0.5) is 0 Å². The van der Waals surface area contributed by atoms with Crippen LogP contribution < -0.4 is 0 Å². The highest BCUT2D eigenvalue weighted by molar-refractivity contribution is 5.91. The molecule has 0 saturated carbocycles. The van der Waals surface area contributed by atoms with E-state index in [0.29, 0.717) is 5.92 Å². The molecule has 3 heteroatoms. The molecule has 0 N–H and O–H groups in total. The summed E-state index contributed by atoms with van der Waals surface area (Å²) in [5.41, 5.74) is 0. The molecule has 0 saturated heterocycles. The Labute approximate surface area is 149 Å². The summed E-state index contributed by atoms with van der Waals surface area (Å²) in [6.45, 7) is 4.42. The number of rotatable bonds is 16. The molecule has 0 bridgehead atoms. The van der Waals surface area contributed by atoms with Gasteiger partial charge in [0.25, 0.3) is 5.91 Å². The SMILES string of the molecule is CCCCCCCCCCCCCCCC(CC)C1OC=NC1=O. The summed E-state index contributed by atoms with van der Waals surface area (Å²) in [5, 5.41) is 0. The third-order valence-corrected chi connectivity index (χ3v) is 5.26. The van der Waals surface area contributed by atoms with Crippen LogP contribution in [0.25, 0.3) is 0 Å². The average Bonchev–Trinajstić information content (AvgIpc) is 3.01. The number of hydrogen-bond acceptors (Lipinski definition) is 2. The third-order valence-electron chi connectivity index (χ3n) is 5.26. The Morgan fingerprint density at radius 1 is 0.875 bits per heavy atom. The first-order valence-corrected chi connectivity index (χ1v) is 10.5. The molecular formula is C21H39NO2. The van der Waals surface area contributed by atoms with Crippen LogP contribution in [-0.4, -0.2) is 18.4 Å². The van der Waals surface area contributed by atoms with Crippen LogP contribution >= 0.6 is 0 Å². The molecule has 1 aliphatic heterocycles. The van der Waals surface area contributed by atoms with Crippen molar-refractivity contribution in [2.45, 2.75) is 116 Å². The van der Waals surface area contributed by atoms with Gasteiger partial charge in [0.05, 0.1) is 0 Å². The van der Waals surface area contributed by atoms with Gasteiger partial charge >= 0.3 is 0 Å². The highest BCUT2D eigenvalue weighted by atomic mass is 16.5. The van der Waals surface area contributed by atoms with Crippen molar-refractivity contribution in [3.8, 4) is 0 Å². The molecule has 24 heavy (non-hydrogen) atoms. The zero-order valence-electron chi connectivity index (χ0n) is 16.1. The molecule has 0 aromatic carbocycles. The van der Waals surface area contributed by atoms with Crippen molar-refractivity contribution in [3.63, 3.8) is 0 Å². The number of hydrogen-bond donors (Lipinski definition) is 0. The number of nitrogens with zero attached hydrogens (tertiary/aromatic N) is 1. The number of unbranched alkanes of at least 4 members (excludes halogenated alkanes) is 12. The van der Waals surface area contributed by atoms with Gasteiger partial charge in [-0.2, -0.15) is 4.99 Å². The predicted molar refractivity (Wildman–Crippen MR) is 102 cm³/mol. The van der Waals surface area contributed by atoms with E-state index in [1.54, 1.807) is 0 Å². The summed E-state index contributed by atoms with van der Waals surface area (Å²) in [4.78, 5) is 15.3. The van der Waals surface area contributed by atoms with Crippen LogP contribution in [-0.2, 0) is 9.53 Å².